The lowest BCUT2D eigenvalue weighted by molar-refractivity contribution is 0.175. The van der Waals surface area contributed by atoms with Gasteiger partial charge in [0.1, 0.15) is 0 Å². The molecule has 0 atom stereocenters. The fraction of sp³-hybridized carbons (Fsp3) is 1.00. The van der Waals surface area contributed by atoms with E-state index in [4.69, 9.17) is 0 Å². The molecule has 3 nitrogen and oxygen atoms in total. The maximum absolute atomic E-state index is 3.47. The van der Waals surface area contributed by atoms with Crippen molar-refractivity contribution in [1.29, 1.82) is 0 Å². The Labute approximate surface area is 95.8 Å². The van der Waals surface area contributed by atoms with E-state index >= 15 is 0 Å². The number of nitrogens with zero attached hydrogens (tertiary/aromatic N) is 2. The van der Waals surface area contributed by atoms with E-state index in [9.17, 15) is 0 Å². The van der Waals surface area contributed by atoms with Crippen LogP contribution in [0.1, 0.15) is 27.7 Å². The zero-order valence-corrected chi connectivity index (χ0v) is 11.4. The lowest BCUT2D eigenvalue weighted by Gasteiger charge is -2.30. The Morgan fingerprint density at radius 3 is 1.73 bits per heavy atom. The lowest BCUT2D eigenvalue weighted by Crippen LogP contribution is -2.42. The second-order valence-corrected chi connectivity index (χ2v) is 4.98. The molecule has 3 heteroatoms. The number of nitrogens with one attached hydrogen (secondary N) is 1. The van der Waals surface area contributed by atoms with Crippen molar-refractivity contribution < 1.29 is 0 Å². The molecule has 0 aliphatic rings. The van der Waals surface area contributed by atoms with Crippen LogP contribution >= 0.6 is 0 Å². The third-order valence-corrected chi connectivity index (χ3v) is 2.61. The second-order valence-electron chi connectivity index (χ2n) is 4.98. The summed E-state index contributed by atoms with van der Waals surface area (Å²) in [4.78, 5) is 4.72. The van der Waals surface area contributed by atoms with Gasteiger partial charge < -0.3 is 10.2 Å². The molecule has 0 fully saturated rings. The van der Waals surface area contributed by atoms with Crippen LogP contribution in [0.3, 0.4) is 0 Å². The predicted molar refractivity (Wildman–Crippen MR) is 68.4 cm³/mol. The van der Waals surface area contributed by atoms with Gasteiger partial charge in [-0.25, -0.2) is 0 Å². The normalized spacial score (nSPS) is 12.4. The summed E-state index contributed by atoms with van der Waals surface area (Å²) in [5, 5.41) is 3.47. The van der Waals surface area contributed by atoms with Gasteiger partial charge in [-0.3, -0.25) is 4.90 Å². The second kappa shape index (κ2) is 8.08. The third-order valence-electron chi connectivity index (χ3n) is 2.61. The van der Waals surface area contributed by atoms with Gasteiger partial charge in [0.25, 0.3) is 0 Å². The summed E-state index contributed by atoms with van der Waals surface area (Å²) in [6.45, 7) is 13.5. The van der Waals surface area contributed by atoms with Crippen LogP contribution in [0.4, 0.5) is 0 Å². The van der Waals surface area contributed by atoms with Crippen molar-refractivity contribution in [1.82, 2.24) is 15.1 Å². The van der Waals surface area contributed by atoms with Crippen molar-refractivity contribution in [3.8, 4) is 0 Å². The Hall–Kier alpha value is -0.120. The smallest absolute Gasteiger partial charge is 0.0112 e. The summed E-state index contributed by atoms with van der Waals surface area (Å²) in [5.74, 6) is 0. The highest BCUT2D eigenvalue weighted by Gasteiger charge is 2.11. The van der Waals surface area contributed by atoms with Gasteiger partial charge in [-0.1, -0.05) is 0 Å². The molecule has 0 saturated carbocycles. The van der Waals surface area contributed by atoms with E-state index in [-0.39, 0.29) is 0 Å². The number of hydrogen-bond donors (Lipinski definition) is 1. The molecule has 0 heterocycles. The van der Waals surface area contributed by atoms with Gasteiger partial charge in [0.2, 0.25) is 0 Å². The van der Waals surface area contributed by atoms with Crippen LogP contribution in [-0.2, 0) is 0 Å². The van der Waals surface area contributed by atoms with Crippen LogP contribution in [0.25, 0.3) is 0 Å². The van der Waals surface area contributed by atoms with E-state index in [1.807, 2.05) is 0 Å². The maximum Gasteiger partial charge on any atom is 0.0112 e. The quantitative estimate of drug-likeness (QED) is 0.615. The van der Waals surface area contributed by atoms with Crippen molar-refractivity contribution in [2.45, 2.75) is 39.8 Å². The SMILES string of the molecule is CC(C)N(CCNCCN(C)C)C(C)C. The topological polar surface area (TPSA) is 18.5 Å². The van der Waals surface area contributed by atoms with E-state index < -0.39 is 0 Å². The van der Waals surface area contributed by atoms with Gasteiger partial charge in [-0.2, -0.15) is 0 Å². The predicted octanol–water partition coefficient (Wildman–Crippen LogP) is 1.26. The van der Waals surface area contributed by atoms with Crippen LogP contribution in [0, 0.1) is 0 Å². The van der Waals surface area contributed by atoms with Gasteiger partial charge in [-0.15, -0.1) is 0 Å². The van der Waals surface area contributed by atoms with Gasteiger partial charge in [-0.05, 0) is 41.8 Å². The van der Waals surface area contributed by atoms with Crippen molar-refractivity contribution in [3.05, 3.63) is 0 Å². The van der Waals surface area contributed by atoms with Crippen molar-refractivity contribution in [2.24, 2.45) is 0 Å². The first kappa shape index (κ1) is 14.9. The summed E-state index contributed by atoms with van der Waals surface area (Å²) in [7, 11) is 4.21. The number of hydrogen-bond acceptors (Lipinski definition) is 3. The Balaban J connectivity index is 3.55. The fourth-order valence-corrected chi connectivity index (χ4v) is 1.75. The molecule has 92 valence electrons. The van der Waals surface area contributed by atoms with Crippen molar-refractivity contribution in [3.63, 3.8) is 0 Å². The molecule has 0 aliphatic heterocycles. The summed E-state index contributed by atoms with van der Waals surface area (Å²) >= 11 is 0. The van der Waals surface area contributed by atoms with Gasteiger partial charge in [0.15, 0.2) is 0 Å². The molecule has 0 unspecified atom stereocenters. The van der Waals surface area contributed by atoms with Crippen molar-refractivity contribution >= 4 is 0 Å². The summed E-state index contributed by atoms with van der Waals surface area (Å²) < 4.78 is 0. The lowest BCUT2D eigenvalue weighted by atomic mass is 10.2. The molecule has 0 bridgehead atoms. The fourth-order valence-electron chi connectivity index (χ4n) is 1.75. The van der Waals surface area contributed by atoms with Crippen LogP contribution in [-0.4, -0.2) is 62.2 Å². The molecule has 0 rings (SSSR count). The first-order valence-corrected chi connectivity index (χ1v) is 6.06. The van der Waals surface area contributed by atoms with E-state index in [0.717, 1.165) is 26.2 Å². The van der Waals surface area contributed by atoms with Gasteiger partial charge in [0.05, 0.1) is 0 Å². The molecule has 0 aliphatic carbocycles. The molecule has 15 heavy (non-hydrogen) atoms. The summed E-state index contributed by atoms with van der Waals surface area (Å²) in [6, 6.07) is 1.28. The van der Waals surface area contributed by atoms with Crippen molar-refractivity contribution in [2.75, 3.05) is 40.3 Å². The Morgan fingerprint density at radius 2 is 1.33 bits per heavy atom. The monoisotopic (exact) mass is 215 g/mol. The minimum absolute atomic E-state index is 0.639. The highest BCUT2D eigenvalue weighted by molar-refractivity contribution is 4.68. The van der Waals surface area contributed by atoms with E-state index in [1.54, 1.807) is 0 Å². The average molecular weight is 215 g/mol. The minimum atomic E-state index is 0.639. The number of rotatable bonds is 8. The third kappa shape index (κ3) is 7.77. The molecule has 0 saturated heterocycles. The molecule has 0 aromatic heterocycles. The van der Waals surface area contributed by atoms with E-state index in [0.29, 0.717) is 12.1 Å². The Bertz CT molecular complexity index is 136. The molecule has 1 N–H and O–H groups in total. The van der Waals surface area contributed by atoms with E-state index in [2.05, 4.69) is 56.9 Å². The molecular weight excluding hydrogens is 186 g/mol. The van der Waals surface area contributed by atoms with Crippen LogP contribution in [0.15, 0.2) is 0 Å². The molecule has 0 spiro atoms. The molecule has 0 amide bonds. The maximum atomic E-state index is 3.47. The molecule has 0 aromatic rings. The highest BCUT2D eigenvalue weighted by Crippen LogP contribution is 2.02. The van der Waals surface area contributed by atoms with Gasteiger partial charge in [0, 0.05) is 38.3 Å². The standard InChI is InChI=1S/C12H29N3/c1-11(2)15(12(3)4)10-8-13-7-9-14(5)6/h11-13H,7-10H2,1-6H3. The molecule has 0 aromatic carbocycles. The summed E-state index contributed by atoms with van der Waals surface area (Å²) in [6.07, 6.45) is 0. The molecular formula is C12H29N3. The zero-order valence-electron chi connectivity index (χ0n) is 11.4. The minimum Gasteiger partial charge on any atom is -0.314 e. The largest absolute Gasteiger partial charge is 0.314 e. The molecule has 0 radical (unpaired) electrons. The van der Waals surface area contributed by atoms with Gasteiger partial charge >= 0.3 is 0 Å². The van der Waals surface area contributed by atoms with Crippen LogP contribution in [0.5, 0.6) is 0 Å². The number of likely N-dealkylation sites (N-methyl/N-ethyl adjacent to an activating group) is 1. The van der Waals surface area contributed by atoms with Crippen LogP contribution in [0.2, 0.25) is 0 Å². The Morgan fingerprint density at radius 1 is 0.867 bits per heavy atom. The highest BCUT2D eigenvalue weighted by atomic mass is 15.2. The first-order valence-electron chi connectivity index (χ1n) is 6.06. The summed E-state index contributed by atoms with van der Waals surface area (Å²) in [5.41, 5.74) is 0. The van der Waals surface area contributed by atoms with E-state index in [1.165, 1.54) is 0 Å². The first-order chi connectivity index (χ1) is 6.95. The average Bonchev–Trinajstić information content (AvgIpc) is 2.08. The van der Waals surface area contributed by atoms with Crippen LogP contribution < -0.4 is 5.32 Å². The zero-order chi connectivity index (χ0) is 11.8. The Kier molecular flexibility index (Phi) is 8.02.